The lowest BCUT2D eigenvalue weighted by Crippen LogP contribution is -2.15. The first-order chi connectivity index (χ1) is 13.6. The SMILES string of the molecule is CCn1nc(C)c(C(=O)c2ccc(Cl)cc2Cl)c1OS(=O)(=O)c1ccc(C)cc1. The third-order valence-electron chi connectivity index (χ3n) is 4.28. The van der Waals surface area contributed by atoms with Crippen LogP contribution < -0.4 is 4.18 Å². The fraction of sp³-hybridized carbons (Fsp3) is 0.200. The Hall–Kier alpha value is -2.35. The van der Waals surface area contributed by atoms with E-state index in [0.29, 0.717) is 17.3 Å². The third-order valence-corrected chi connectivity index (χ3v) is 6.06. The van der Waals surface area contributed by atoms with E-state index in [2.05, 4.69) is 5.10 Å². The lowest BCUT2D eigenvalue weighted by Gasteiger charge is -2.11. The molecule has 0 unspecified atom stereocenters. The summed E-state index contributed by atoms with van der Waals surface area (Å²) in [6, 6.07) is 10.7. The molecule has 0 aliphatic rings. The normalized spacial score (nSPS) is 11.5. The first kappa shape index (κ1) is 21.4. The molecule has 1 aromatic heterocycles. The first-order valence-corrected chi connectivity index (χ1v) is 10.9. The number of ketones is 1. The van der Waals surface area contributed by atoms with E-state index in [1.807, 2.05) is 6.92 Å². The number of carbonyl (C=O) groups is 1. The second-order valence-electron chi connectivity index (χ2n) is 6.39. The van der Waals surface area contributed by atoms with Crippen molar-refractivity contribution in [3.05, 3.63) is 74.9 Å². The molecule has 2 aromatic carbocycles. The molecule has 0 fully saturated rings. The summed E-state index contributed by atoms with van der Waals surface area (Å²) in [5, 5.41) is 4.78. The molecule has 0 N–H and O–H groups in total. The predicted molar refractivity (Wildman–Crippen MR) is 112 cm³/mol. The summed E-state index contributed by atoms with van der Waals surface area (Å²) in [6.45, 7) is 5.52. The van der Waals surface area contributed by atoms with Gasteiger partial charge in [0.05, 0.1) is 10.7 Å². The van der Waals surface area contributed by atoms with Crippen LogP contribution in [-0.4, -0.2) is 24.0 Å². The van der Waals surface area contributed by atoms with E-state index in [-0.39, 0.29) is 26.9 Å². The van der Waals surface area contributed by atoms with Crippen LogP contribution >= 0.6 is 23.2 Å². The number of hydrogen-bond acceptors (Lipinski definition) is 5. The summed E-state index contributed by atoms with van der Waals surface area (Å²) in [5.41, 5.74) is 1.45. The van der Waals surface area contributed by atoms with Crippen LogP contribution in [0.1, 0.15) is 34.1 Å². The molecule has 6 nitrogen and oxygen atoms in total. The number of aryl methyl sites for hydroxylation is 3. The highest BCUT2D eigenvalue weighted by Gasteiger charge is 2.29. The van der Waals surface area contributed by atoms with Gasteiger partial charge in [0.25, 0.3) is 0 Å². The monoisotopic (exact) mass is 452 g/mol. The predicted octanol–water partition coefficient (Wildman–Crippen LogP) is 4.83. The Kier molecular flexibility index (Phi) is 6.03. The Morgan fingerprint density at radius 3 is 2.34 bits per heavy atom. The maximum Gasteiger partial charge on any atom is 0.340 e. The van der Waals surface area contributed by atoms with Gasteiger partial charge in [-0.25, -0.2) is 4.68 Å². The molecule has 152 valence electrons. The molecule has 3 rings (SSSR count). The average Bonchev–Trinajstić information content (AvgIpc) is 2.96. The number of hydrogen-bond donors (Lipinski definition) is 0. The quantitative estimate of drug-likeness (QED) is 0.395. The second kappa shape index (κ2) is 8.18. The fourth-order valence-electron chi connectivity index (χ4n) is 2.79. The van der Waals surface area contributed by atoms with Crippen molar-refractivity contribution in [3.63, 3.8) is 0 Å². The lowest BCUT2D eigenvalue weighted by molar-refractivity contribution is 0.103. The van der Waals surface area contributed by atoms with Gasteiger partial charge in [0.2, 0.25) is 11.7 Å². The van der Waals surface area contributed by atoms with Gasteiger partial charge in [-0.3, -0.25) is 4.79 Å². The van der Waals surface area contributed by atoms with E-state index < -0.39 is 15.9 Å². The average molecular weight is 453 g/mol. The molecule has 0 saturated carbocycles. The van der Waals surface area contributed by atoms with Crippen molar-refractivity contribution in [1.29, 1.82) is 0 Å². The van der Waals surface area contributed by atoms with Crippen molar-refractivity contribution in [2.45, 2.75) is 32.2 Å². The third kappa shape index (κ3) is 4.32. The summed E-state index contributed by atoms with van der Waals surface area (Å²) in [6.07, 6.45) is 0. The molecule has 0 amide bonds. The minimum Gasteiger partial charge on any atom is -0.358 e. The molecule has 0 atom stereocenters. The molecule has 0 aliphatic heterocycles. The van der Waals surface area contributed by atoms with Crippen molar-refractivity contribution in [1.82, 2.24) is 9.78 Å². The molecular formula is C20H18Cl2N2O4S. The fourth-order valence-corrected chi connectivity index (χ4v) is 4.22. The molecule has 29 heavy (non-hydrogen) atoms. The van der Waals surface area contributed by atoms with Gasteiger partial charge in [0.1, 0.15) is 10.5 Å². The highest BCUT2D eigenvalue weighted by Crippen LogP contribution is 2.31. The van der Waals surface area contributed by atoms with Crippen LogP contribution in [0.5, 0.6) is 5.88 Å². The summed E-state index contributed by atoms with van der Waals surface area (Å²) < 4.78 is 32.3. The minimum atomic E-state index is -4.17. The maximum absolute atomic E-state index is 13.2. The van der Waals surface area contributed by atoms with Gasteiger partial charge in [-0.15, -0.1) is 0 Å². The van der Waals surface area contributed by atoms with Crippen LogP contribution in [0.4, 0.5) is 0 Å². The molecule has 1 heterocycles. The number of halogens is 2. The Bertz CT molecular complexity index is 1190. The summed E-state index contributed by atoms with van der Waals surface area (Å²) in [4.78, 5) is 13.1. The van der Waals surface area contributed by atoms with Gasteiger partial charge < -0.3 is 4.18 Å². The number of carbonyl (C=O) groups excluding carboxylic acids is 1. The molecule has 0 radical (unpaired) electrons. The molecule has 0 saturated heterocycles. The number of benzene rings is 2. The first-order valence-electron chi connectivity index (χ1n) is 8.72. The van der Waals surface area contributed by atoms with Crippen LogP contribution in [0.2, 0.25) is 10.0 Å². The number of aromatic nitrogens is 2. The van der Waals surface area contributed by atoms with Crippen LogP contribution in [0.15, 0.2) is 47.4 Å². The van der Waals surface area contributed by atoms with Gasteiger partial charge in [-0.2, -0.15) is 13.5 Å². The number of nitrogens with zero attached hydrogens (tertiary/aromatic N) is 2. The lowest BCUT2D eigenvalue weighted by atomic mass is 10.0. The molecule has 0 spiro atoms. The van der Waals surface area contributed by atoms with Crippen molar-refractivity contribution in [2.75, 3.05) is 0 Å². The zero-order chi connectivity index (χ0) is 21.3. The van der Waals surface area contributed by atoms with E-state index in [4.69, 9.17) is 27.4 Å². The van der Waals surface area contributed by atoms with E-state index >= 15 is 0 Å². The summed E-state index contributed by atoms with van der Waals surface area (Å²) in [7, 11) is -4.17. The van der Waals surface area contributed by atoms with E-state index in [0.717, 1.165) is 5.56 Å². The van der Waals surface area contributed by atoms with Crippen molar-refractivity contribution in [3.8, 4) is 5.88 Å². The van der Waals surface area contributed by atoms with Crippen LogP contribution in [0.3, 0.4) is 0 Å². The molecule has 0 bridgehead atoms. The molecule has 3 aromatic rings. The summed E-state index contributed by atoms with van der Waals surface area (Å²) >= 11 is 12.1. The Labute approximate surface area is 179 Å². The largest absolute Gasteiger partial charge is 0.358 e. The van der Waals surface area contributed by atoms with Gasteiger partial charge in [-0.05, 0) is 51.1 Å². The van der Waals surface area contributed by atoms with Gasteiger partial charge in [0.15, 0.2) is 0 Å². The van der Waals surface area contributed by atoms with Gasteiger partial charge in [0, 0.05) is 17.1 Å². The molecule has 0 aliphatic carbocycles. The Balaban J connectivity index is 2.10. The van der Waals surface area contributed by atoms with Crippen LogP contribution in [0.25, 0.3) is 0 Å². The summed E-state index contributed by atoms with van der Waals surface area (Å²) in [5.74, 6) is -0.653. The van der Waals surface area contributed by atoms with E-state index in [1.54, 1.807) is 26.0 Å². The van der Waals surface area contributed by atoms with E-state index in [1.165, 1.54) is 35.0 Å². The van der Waals surface area contributed by atoms with E-state index in [9.17, 15) is 13.2 Å². The van der Waals surface area contributed by atoms with Crippen molar-refractivity contribution < 1.29 is 17.4 Å². The Morgan fingerprint density at radius 1 is 1.10 bits per heavy atom. The zero-order valence-corrected chi connectivity index (χ0v) is 18.3. The maximum atomic E-state index is 13.2. The topological polar surface area (TPSA) is 78.3 Å². The minimum absolute atomic E-state index is 0.0208. The smallest absolute Gasteiger partial charge is 0.340 e. The highest BCUT2D eigenvalue weighted by atomic mass is 35.5. The second-order valence-corrected chi connectivity index (χ2v) is 8.78. The van der Waals surface area contributed by atoms with Gasteiger partial charge in [-0.1, -0.05) is 40.9 Å². The van der Waals surface area contributed by atoms with Crippen molar-refractivity contribution >= 4 is 39.1 Å². The van der Waals surface area contributed by atoms with Crippen LogP contribution in [0, 0.1) is 13.8 Å². The standard InChI is InChI=1S/C20H18Cl2N2O4S/c1-4-24-20(28-29(26,27)15-8-5-12(2)6-9-15)18(13(3)23-24)19(25)16-10-7-14(21)11-17(16)22/h5-11H,4H2,1-3H3. The molecule has 9 heteroatoms. The molecular weight excluding hydrogens is 435 g/mol. The zero-order valence-electron chi connectivity index (χ0n) is 15.9. The van der Waals surface area contributed by atoms with Crippen molar-refractivity contribution in [2.24, 2.45) is 0 Å². The number of rotatable bonds is 6. The Morgan fingerprint density at radius 2 is 1.76 bits per heavy atom. The van der Waals surface area contributed by atoms with Crippen LogP contribution in [-0.2, 0) is 16.7 Å². The highest BCUT2D eigenvalue weighted by molar-refractivity contribution is 7.87. The van der Waals surface area contributed by atoms with Gasteiger partial charge >= 0.3 is 10.1 Å².